The number of nitrogens with zero attached hydrogens (tertiary/aromatic N) is 2. The largest absolute Gasteiger partial charge is 0.509 e. The summed E-state index contributed by atoms with van der Waals surface area (Å²) in [6, 6.07) is 14.1. The number of fused-ring (bicyclic) bond motifs is 1. The van der Waals surface area contributed by atoms with Crippen LogP contribution in [0.25, 0.3) is 16.6 Å². The fraction of sp³-hybridized carbons (Fsp3) is 0.0588. The topological polar surface area (TPSA) is 96.2 Å². The van der Waals surface area contributed by atoms with Gasteiger partial charge in [0.15, 0.2) is 0 Å². The van der Waals surface area contributed by atoms with Crippen molar-refractivity contribution in [3.05, 3.63) is 60.1 Å². The summed E-state index contributed by atoms with van der Waals surface area (Å²) in [5.41, 5.74) is 2.78. The van der Waals surface area contributed by atoms with Crippen molar-refractivity contribution in [1.29, 1.82) is 5.41 Å². The average Bonchev–Trinajstić information content (AvgIpc) is 3.08. The molecule has 23 heavy (non-hydrogen) atoms. The van der Waals surface area contributed by atoms with E-state index in [9.17, 15) is 10.2 Å². The molecule has 3 aromatic rings. The van der Waals surface area contributed by atoms with Gasteiger partial charge in [0.1, 0.15) is 23.2 Å². The molecule has 0 amide bonds. The molecule has 0 bridgehead atoms. The summed E-state index contributed by atoms with van der Waals surface area (Å²) in [5, 5.41) is 28.1. The lowest BCUT2D eigenvalue weighted by Gasteiger charge is -2.18. The molecule has 0 unspecified atom stereocenters. The van der Waals surface area contributed by atoms with Crippen molar-refractivity contribution in [1.82, 2.24) is 9.97 Å². The second-order valence-electron chi connectivity index (χ2n) is 5.38. The summed E-state index contributed by atoms with van der Waals surface area (Å²) < 4.78 is 0. The Labute approximate surface area is 131 Å². The summed E-state index contributed by atoms with van der Waals surface area (Å²) in [6.07, 6.45) is 0. The van der Waals surface area contributed by atoms with E-state index in [1.165, 1.54) is 0 Å². The lowest BCUT2D eigenvalue weighted by molar-refractivity contribution is 0.411. The van der Waals surface area contributed by atoms with E-state index in [0.29, 0.717) is 11.4 Å². The van der Waals surface area contributed by atoms with Gasteiger partial charge < -0.3 is 20.1 Å². The van der Waals surface area contributed by atoms with Crippen LogP contribution in [0.5, 0.6) is 5.75 Å². The number of hydrogen-bond acceptors (Lipinski definition) is 4. The Morgan fingerprint density at radius 1 is 1.04 bits per heavy atom. The number of nitrogens with one attached hydrogen (secondary N) is 2. The van der Waals surface area contributed by atoms with Gasteiger partial charge in [-0.1, -0.05) is 12.1 Å². The first kappa shape index (κ1) is 13.4. The van der Waals surface area contributed by atoms with Crippen LogP contribution in [0.3, 0.4) is 0 Å². The number of para-hydroxylation sites is 2. The minimum atomic E-state index is 0.0992. The highest BCUT2D eigenvalue weighted by molar-refractivity contribution is 6.30. The zero-order valence-electron chi connectivity index (χ0n) is 12.1. The highest BCUT2D eigenvalue weighted by Crippen LogP contribution is 2.31. The summed E-state index contributed by atoms with van der Waals surface area (Å²) in [5.74, 6) is 0.915. The van der Waals surface area contributed by atoms with E-state index in [1.54, 1.807) is 29.2 Å². The van der Waals surface area contributed by atoms with Gasteiger partial charge in [0.05, 0.1) is 23.2 Å². The molecule has 0 radical (unpaired) electrons. The average molecular weight is 306 g/mol. The van der Waals surface area contributed by atoms with Crippen LogP contribution in [-0.2, 0) is 0 Å². The first-order valence-corrected chi connectivity index (χ1v) is 7.16. The maximum atomic E-state index is 10.3. The van der Waals surface area contributed by atoms with E-state index in [0.717, 1.165) is 16.7 Å². The SMILES string of the molecule is N=C1C(c2nc3ccccc3[nH]2)=C(O)CN1c1ccc(O)cc1. The number of imidazole rings is 1. The molecule has 1 aliphatic rings. The van der Waals surface area contributed by atoms with Crippen LogP contribution in [0.1, 0.15) is 5.82 Å². The van der Waals surface area contributed by atoms with E-state index in [-0.39, 0.29) is 23.9 Å². The lowest BCUT2D eigenvalue weighted by atomic mass is 10.2. The maximum Gasteiger partial charge on any atom is 0.145 e. The molecule has 0 saturated carbocycles. The number of amidine groups is 1. The second kappa shape index (κ2) is 4.88. The van der Waals surface area contributed by atoms with Gasteiger partial charge in [-0.2, -0.15) is 0 Å². The number of benzene rings is 2. The minimum absolute atomic E-state index is 0.0992. The van der Waals surface area contributed by atoms with Crippen molar-refractivity contribution in [3.8, 4) is 5.75 Å². The third-order valence-corrected chi connectivity index (χ3v) is 3.89. The van der Waals surface area contributed by atoms with Gasteiger partial charge in [0.2, 0.25) is 0 Å². The molecule has 0 fully saturated rings. The van der Waals surface area contributed by atoms with Crippen molar-refractivity contribution >= 4 is 28.1 Å². The third kappa shape index (κ3) is 2.12. The molecule has 4 rings (SSSR count). The van der Waals surface area contributed by atoms with Gasteiger partial charge in [-0.15, -0.1) is 0 Å². The van der Waals surface area contributed by atoms with Crippen molar-refractivity contribution in [2.75, 3.05) is 11.4 Å². The van der Waals surface area contributed by atoms with E-state index < -0.39 is 0 Å². The second-order valence-corrected chi connectivity index (χ2v) is 5.38. The molecule has 1 aromatic heterocycles. The van der Waals surface area contributed by atoms with Crippen molar-refractivity contribution in [2.24, 2.45) is 0 Å². The van der Waals surface area contributed by atoms with Crippen LogP contribution in [0.2, 0.25) is 0 Å². The molecular formula is C17H14N4O2. The molecule has 0 atom stereocenters. The molecule has 114 valence electrons. The normalized spacial score (nSPS) is 15.0. The first-order chi connectivity index (χ1) is 11.1. The third-order valence-electron chi connectivity index (χ3n) is 3.89. The molecule has 0 saturated heterocycles. The molecule has 0 aliphatic carbocycles. The number of aliphatic hydroxyl groups is 1. The molecule has 2 aromatic carbocycles. The highest BCUT2D eigenvalue weighted by Gasteiger charge is 2.31. The Kier molecular flexibility index (Phi) is 2.84. The Hall–Kier alpha value is -3.28. The molecule has 4 N–H and O–H groups in total. The maximum absolute atomic E-state index is 10.3. The van der Waals surface area contributed by atoms with Gasteiger partial charge in [-0.3, -0.25) is 5.41 Å². The summed E-state index contributed by atoms with van der Waals surface area (Å²) in [6.45, 7) is 0.204. The number of phenols is 1. The number of hydrogen-bond donors (Lipinski definition) is 4. The monoisotopic (exact) mass is 306 g/mol. The van der Waals surface area contributed by atoms with Crippen LogP contribution >= 0.6 is 0 Å². The zero-order chi connectivity index (χ0) is 16.0. The number of aromatic hydroxyl groups is 1. The van der Waals surface area contributed by atoms with Crippen molar-refractivity contribution in [3.63, 3.8) is 0 Å². The van der Waals surface area contributed by atoms with Gasteiger partial charge >= 0.3 is 0 Å². The molecule has 0 spiro atoms. The summed E-state index contributed by atoms with van der Waals surface area (Å²) in [4.78, 5) is 9.26. The predicted molar refractivity (Wildman–Crippen MR) is 88.8 cm³/mol. The smallest absolute Gasteiger partial charge is 0.145 e. The molecular weight excluding hydrogens is 292 g/mol. The number of aliphatic hydroxyl groups excluding tert-OH is 1. The van der Waals surface area contributed by atoms with E-state index >= 15 is 0 Å². The van der Waals surface area contributed by atoms with Gasteiger partial charge in [0, 0.05) is 5.69 Å². The predicted octanol–water partition coefficient (Wildman–Crippen LogP) is 3.04. The number of anilines is 1. The summed E-state index contributed by atoms with van der Waals surface area (Å²) >= 11 is 0. The molecule has 6 heteroatoms. The van der Waals surface area contributed by atoms with Crippen LogP contribution in [0, 0.1) is 5.41 Å². The van der Waals surface area contributed by atoms with E-state index in [4.69, 9.17) is 5.41 Å². The van der Waals surface area contributed by atoms with Crippen LogP contribution < -0.4 is 4.90 Å². The number of aromatic amines is 1. The Morgan fingerprint density at radius 3 is 2.52 bits per heavy atom. The summed E-state index contributed by atoms with van der Waals surface area (Å²) in [7, 11) is 0. The van der Waals surface area contributed by atoms with Gasteiger partial charge in [0.25, 0.3) is 0 Å². The number of phenolic OH excluding ortho intramolecular Hbond substituents is 1. The highest BCUT2D eigenvalue weighted by atomic mass is 16.3. The van der Waals surface area contributed by atoms with Crippen LogP contribution in [0.4, 0.5) is 5.69 Å². The standard InChI is InChI=1S/C17H14N4O2/c18-16-15(17-19-12-3-1-2-4-13(12)20-17)14(23)9-21(16)10-5-7-11(22)8-6-10/h1-8,18,22-23H,9H2,(H,19,20). The Bertz CT molecular complexity index is 908. The van der Waals surface area contributed by atoms with E-state index in [1.807, 2.05) is 24.3 Å². The van der Waals surface area contributed by atoms with Gasteiger partial charge in [-0.25, -0.2) is 4.98 Å². The number of aromatic nitrogens is 2. The van der Waals surface area contributed by atoms with Gasteiger partial charge in [-0.05, 0) is 36.4 Å². The molecule has 1 aliphatic heterocycles. The molecule has 2 heterocycles. The van der Waals surface area contributed by atoms with E-state index in [2.05, 4.69) is 9.97 Å². The minimum Gasteiger partial charge on any atom is -0.509 e. The quantitative estimate of drug-likeness (QED) is 0.585. The number of H-pyrrole nitrogens is 1. The number of rotatable bonds is 2. The fourth-order valence-electron chi connectivity index (χ4n) is 2.75. The van der Waals surface area contributed by atoms with Crippen LogP contribution in [0.15, 0.2) is 54.3 Å². The van der Waals surface area contributed by atoms with Crippen molar-refractivity contribution in [2.45, 2.75) is 0 Å². The Morgan fingerprint density at radius 2 is 1.78 bits per heavy atom. The Balaban J connectivity index is 1.73. The zero-order valence-corrected chi connectivity index (χ0v) is 12.1. The lowest BCUT2D eigenvalue weighted by Crippen LogP contribution is -2.26. The molecule has 6 nitrogen and oxygen atoms in total. The van der Waals surface area contributed by atoms with Crippen LogP contribution in [-0.4, -0.2) is 32.6 Å². The van der Waals surface area contributed by atoms with Crippen molar-refractivity contribution < 1.29 is 10.2 Å². The first-order valence-electron chi connectivity index (χ1n) is 7.16. The fourth-order valence-corrected chi connectivity index (χ4v) is 2.75.